The molecule has 4 rings (SSSR count). The second-order valence-electron chi connectivity index (χ2n) is 6.86. The first kappa shape index (κ1) is 17.4. The predicted octanol–water partition coefficient (Wildman–Crippen LogP) is 2.57. The predicted molar refractivity (Wildman–Crippen MR) is 108 cm³/mol. The maximum absolute atomic E-state index is 4.81. The molecule has 0 atom stereocenters. The van der Waals surface area contributed by atoms with E-state index >= 15 is 0 Å². The van der Waals surface area contributed by atoms with Gasteiger partial charge in [-0.2, -0.15) is 10.2 Å². The fourth-order valence-corrected chi connectivity index (χ4v) is 3.17. The van der Waals surface area contributed by atoms with Gasteiger partial charge < -0.3 is 4.90 Å². The van der Waals surface area contributed by atoms with E-state index in [2.05, 4.69) is 52.4 Å². The highest BCUT2D eigenvalue weighted by Gasteiger charge is 2.13. The van der Waals surface area contributed by atoms with Crippen molar-refractivity contribution >= 4 is 6.21 Å². The highest BCUT2D eigenvalue weighted by Crippen LogP contribution is 2.20. The molecule has 2 aromatic heterocycles. The summed E-state index contributed by atoms with van der Waals surface area (Å²) in [6.45, 7) is 4.72. The highest BCUT2D eigenvalue weighted by molar-refractivity contribution is 5.88. The Morgan fingerprint density at radius 2 is 1.85 bits per heavy atom. The van der Waals surface area contributed by atoms with Gasteiger partial charge in [0.05, 0.1) is 12.8 Å². The van der Waals surface area contributed by atoms with Gasteiger partial charge in [-0.1, -0.05) is 30.3 Å². The van der Waals surface area contributed by atoms with Gasteiger partial charge in [0.15, 0.2) is 0 Å². The summed E-state index contributed by atoms with van der Waals surface area (Å²) in [5, 5.41) is 11.6. The van der Waals surface area contributed by atoms with Crippen LogP contribution in [0.15, 0.2) is 66.2 Å². The Morgan fingerprint density at radius 1 is 1.04 bits per heavy atom. The van der Waals surface area contributed by atoms with Crippen molar-refractivity contribution in [1.82, 2.24) is 24.7 Å². The summed E-state index contributed by atoms with van der Waals surface area (Å²) < 4.78 is 1.98. The molecule has 0 spiro atoms. The Morgan fingerprint density at radius 3 is 2.59 bits per heavy atom. The summed E-state index contributed by atoms with van der Waals surface area (Å²) in [7, 11) is 2.15. The first-order valence-corrected chi connectivity index (χ1v) is 9.27. The van der Waals surface area contributed by atoms with Crippen molar-refractivity contribution in [2.24, 2.45) is 5.10 Å². The molecule has 3 aromatic rings. The lowest BCUT2D eigenvalue weighted by Gasteiger charge is -2.30. The number of aromatic nitrogens is 3. The van der Waals surface area contributed by atoms with Crippen molar-refractivity contribution in [3.63, 3.8) is 0 Å². The number of pyridine rings is 1. The van der Waals surface area contributed by atoms with Crippen molar-refractivity contribution in [3.05, 3.63) is 72.2 Å². The zero-order valence-electron chi connectivity index (χ0n) is 15.6. The molecular formula is C21H24N6. The van der Waals surface area contributed by atoms with Gasteiger partial charge in [-0.25, -0.2) is 0 Å². The summed E-state index contributed by atoms with van der Waals surface area (Å²) in [5.74, 6) is 0. The van der Waals surface area contributed by atoms with E-state index < -0.39 is 0 Å². The minimum Gasteiger partial charge on any atom is -0.303 e. The van der Waals surface area contributed by atoms with E-state index in [1.807, 2.05) is 35.3 Å². The van der Waals surface area contributed by atoms with Crippen LogP contribution in [0.25, 0.3) is 11.3 Å². The molecule has 6 heteroatoms. The van der Waals surface area contributed by atoms with Crippen molar-refractivity contribution in [2.75, 3.05) is 33.2 Å². The van der Waals surface area contributed by atoms with Crippen LogP contribution in [-0.4, -0.2) is 64.1 Å². The van der Waals surface area contributed by atoms with Crippen LogP contribution in [0.4, 0.5) is 0 Å². The van der Waals surface area contributed by atoms with Gasteiger partial charge in [-0.05, 0) is 24.7 Å². The van der Waals surface area contributed by atoms with Crippen molar-refractivity contribution in [1.29, 1.82) is 0 Å². The summed E-state index contributed by atoms with van der Waals surface area (Å²) in [5.41, 5.74) is 4.15. The zero-order valence-corrected chi connectivity index (χ0v) is 15.6. The number of benzene rings is 1. The van der Waals surface area contributed by atoms with Crippen molar-refractivity contribution < 1.29 is 0 Å². The molecule has 1 aliphatic heterocycles. The lowest BCUT2D eigenvalue weighted by atomic mass is 10.1. The summed E-state index contributed by atoms with van der Waals surface area (Å²) >= 11 is 0. The van der Waals surface area contributed by atoms with E-state index in [-0.39, 0.29) is 0 Å². The van der Waals surface area contributed by atoms with E-state index in [1.165, 1.54) is 5.56 Å². The van der Waals surface area contributed by atoms with Gasteiger partial charge in [0, 0.05) is 55.9 Å². The summed E-state index contributed by atoms with van der Waals surface area (Å²) in [6, 6.07) is 14.3. The van der Waals surface area contributed by atoms with Gasteiger partial charge in [0.1, 0.15) is 5.69 Å². The maximum Gasteiger partial charge on any atom is 0.103 e. The lowest BCUT2D eigenvalue weighted by Crippen LogP contribution is -2.41. The second-order valence-corrected chi connectivity index (χ2v) is 6.86. The standard InChI is InChI=1S/C21H24N6/c1-25-10-12-26(13-11-25)23-15-20-17-27(16-18-6-3-2-4-7-18)24-21(20)19-8-5-9-22-14-19/h2-9,14-15,17H,10-13,16H2,1H3. The molecule has 1 aromatic carbocycles. The molecule has 0 amide bonds. The molecule has 27 heavy (non-hydrogen) atoms. The Balaban J connectivity index is 1.60. The van der Waals surface area contributed by atoms with Crippen LogP contribution in [0.3, 0.4) is 0 Å². The third-order valence-corrected chi connectivity index (χ3v) is 4.75. The first-order valence-electron chi connectivity index (χ1n) is 9.27. The Kier molecular flexibility index (Phi) is 5.25. The molecule has 0 N–H and O–H groups in total. The minimum atomic E-state index is 0.733. The zero-order chi connectivity index (χ0) is 18.5. The molecule has 3 heterocycles. The van der Waals surface area contributed by atoms with E-state index in [0.29, 0.717) is 0 Å². The monoisotopic (exact) mass is 360 g/mol. The minimum absolute atomic E-state index is 0.733. The van der Waals surface area contributed by atoms with E-state index in [9.17, 15) is 0 Å². The Hall–Kier alpha value is -2.99. The number of nitrogens with zero attached hydrogens (tertiary/aromatic N) is 6. The van der Waals surface area contributed by atoms with Crippen LogP contribution >= 0.6 is 0 Å². The first-order chi connectivity index (χ1) is 13.3. The van der Waals surface area contributed by atoms with Gasteiger partial charge in [0.2, 0.25) is 0 Å². The van der Waals surface area contributed by atoms with Gasteiger partial charge in [-0.15, -0.1) is 0 Å². The normalized spacial score (nSPS) is 15.5. The van der Waals surface area contributed by atoms with Crippen LogP contribution in [0.2, 0.25) is 0 Å². The lowest BCUT2D eigenvalue weighted by molar-refractivity contribution is 0.159. The number of piperazine rings is 1. The number of likely N-dealkylation sites (N-methyl/N-ethyl adjacent to an activating group) is 1. The third-order valence-electron chi connectivity index (χ3n) is 4.75. The van der Waals surface area contributed by atoms with Crippen LogP contribution in [0.5, 0.6) is 0 Å². The molecular weight excluding hydrogens is 336 g/mol. The van der Waals surface area contributed by atoms with Crippen LogP contribution in [0, 0.1) is 0 Å². The van der Waals surface area contributed by atoms with Crippen LogP contribution in [-0.2, 0) is 6.54 Å². The molecule has 0 aliphatic carbocycles. The molecule has 138 valence electrons. The fourth-order valence-electron chi connectivity index (χ4n) is 3.17. The topological polar surface area (TPSA) is 49.5 Å². The number of hydrazone groups is 1. The molecule has 0 radical (unpaired) electrons. The number of hydrogen-bond acceptors (Lipinski definition) is 5. The van der Waals surface area contributed by atoms with E-state index in [1.54, 1.807) is 6.20 Å². The van der Waals surface area contributed by atoms with Crippen molar-refractivity contribution in [3.8, 4) is 11.3 Å². The molecule has 6 nitrogen and oxygen atoms in total. The van der Waals surface area contributed by atoms with Gasteiger partial charge in [0.25, 0.3) is 0 Å². The molecule has 0 bridgehead atoms. The summed E-state index contributed by atoms with van der Waals surface area (Å²) in [6.07, 6.45) is 7.63. The SMILES string of the molecule is CN1CCN(N=Cc2cn(Cc3ccccc3)nc2-c2cccnc2)CC1. The number of hydrogen-bond donors (Lipinski definition) is 0. The average Bonchev–Trinajstić information content (AvgIpc) is 3.12. The van der Waals surface area contributed by atoms with Gasteiger partial charge >= 0.3 is 0 Å². The molecule has 1 saturated heterocycles. The van der Waals surface area contributed by atoms with E-state index in [0.717, 1.165) is 49.5 Å². The Bertz CT molecular complexity index is 880. The van der Waals surface area contributed by atoms with Crippen molar-refractivity contribution in [2.45, 2.75) is 6.54 Å². The maximum atomic E-state index is 4.81. The smallest absolute Gasteiger partial charge is 0.103 e. The Labute approximate surface area is 159 Å². The molecule has 1 fully saturated rings. The van der Waals surface area contributed by atoms with Crippen LogP contribution < -0.4 is 0 Å². The van der Waals surface area contributed by atoms with E-state index in [4.69, 9.17) is 10.2 Å². The molecule has 1 aliphatic rings. The largest absolute Gasteiger partial charge is 0.303 e. The molecule has 0 unspecified atom stereocenters. The fraction of sp³-hybridized carbons (Fsp3) is 0.286. The highest BCUT2D eigenvalue weighted by atomic mass is 15.5. The molecule has 0 saturated carbocycles. The third kappa shape index (κ3) is 4.41. The average molecular weight is 360 g/mol. The quantitative estimate of drug-likeness (QED) is 0.656. The second kappa shape index (κ2) is 8.14. The summed E-state index contributed by atoms with van der Waals surface area (Å²) in [4.78, 5) is 6.57. The van der Waals surface area contributed by atoms with Crippen LogP contribution in [0.1, 0.15) is 11.1 Å². The number of rotatable bonds is 5. The van der Waals surface area contributed by atoms with Gasteiger partial charge in [-0.3, -0.25) is 14.7 Å².